The minimum absolute atomic E-state index is 0.291. The highest BCUT2D eigenvalue weighted by atomic mass is 16.5. The summed E-state index contributed by atoms with van der Waals surface area (Å²) in [6.45, 7) is 0. The third-order valence-electron chi connectivity index (χ3n) is 12.2. The van der Waals surface area contributed by atoms with Crippen molar-refractivity contribution in [2.24, 2.45) is 0 Å². The zero-order valence-corrected chi connectivity index (χ0v) is 32.4. The fourth-order valence-corrected chi connectivity index (χ4v) is 9.64. The van der Waals surface area contributed by atoms with Crippen LogP contribution in [0, 0.1) is 22.7 Å². The first-order valence-corrected chi connectivity index (χ1v) is 20.1. The maximum absolute atomic E-state index is 10.8. The van der Waals surface area contributed by atoms with Crippen molar-refractivity contribution < 1.29 is 4.74 Å². The van der Waals surface area contributed by atoms with Gasteiger partial charge in [-0.2, -0.15) is 10.5 Å². The minimum atomic E-state index is -0.639. The molecule has 2 aromatic heterocycles. The van der Waals surface area contributed by atoms with E-state index >= 15 is 0 Å². The molecule has 282 valence electrons. The summed E-state index contributed by atoms with van der Waals surface area (Å²) >= 11 is 0. The monoisotopic (exact) mass is 778 g/mol. The molecule has 0 saturated heterocycles. The lowest BCUT2D eigenvalue weighted by Crippen LogP contribution is -2.32. The van der Waals surface area contributed by atoms with E-state index in [0.717, 1.165) is 66.7 Å². The van der Waals surface area contributed by atoms with Gasteiger partial charge in [-0.3, -0.25) is 0 Å². The van der Waals surface area contributed by atoms with E-state index in [1.807, 2.05) is 84.9 Å². The molecule has 0 unspecified atom stereocenters. The number of nitrogens with zero attached hydrogens (tertiary/aromatic N) is 6. The Morgan fingerprint density at radius 2 is 0.984 bits per heavy atom. The quantitative estimate of drug-likeness (QED) is 0.176. The Hall–Kier alpha value is -8.65. The third kappa shape index (κ3) is 4.93. The predicted molar refractivity (Wildman–Crippen MR) is 237 cm³/mol. The SMILES string of the molecule is N#Cc1cc(C#N)c(-n2c3ccccc3c3cc4c(cc32)-c2ccccc2C42c3ccccc3Oc3ccccc32)cc1-c1nc(-c2ccccc2)nc(-c2ccccc2)n1. The molecular weight excluding hydrogens is 749 g/mol. The van der Waals surface area contributed by atoms with Crippen molar-refractivity contribution in [2.75, 3.05) is 0 Å². The van der Waals surface area contributed by atoms with Crippen LogP contribution in [0.25, 0.3) is 72.8 Å². The standard InChI is InChI=1S/C54H30N6O/c55-31-35-27-36(32-56)47(29-39(35)53-58-51(33-15-3-1-4-16-33)57-52(59-53)34-17-5-2-6-18-34)60-46-24-12-8-20-38(46)41-28-45-40(30-48(41)60)37-19-7-9-21-42(37)54(45)43-22-10-13-25-49(43)61-50-26-14-11-23-44(50)54/h1-30H. The van der Waals surface area contributed by atoms with Crippen molar-refractivity contribution in [2.45, 2.75) is 5.41 Å². The number of fused-ring (bicyclic) bond motifs is 12. The van der Waals surface area contributed by atoms with Gasteiger partial charge in [-0.1, -0.05) is 140 Å². The molecule has 0 fully saturated rings. The van der Waals surface area contributed by atoms with Gasteiger partial charge in [0.05, 0.1) is 39.3 Å². The number of aromatic nitrogens is 4. The summed E-state index contributed by atoms with van der Waals surface area (Å²) in [5, 5.41) is 23.6. The van der Waals surface area contributed by atoms with E-state index in [9.17, 15) is 10.5 Å². The van der Waals surface area contributed by atoms with E-state index in [-0.39, 0.29) is 0 Å². The summed E-state index contributed by atoms with van der Waals surface area (Å²) in [5.41, 5.74) is 11.4. The van der Waals surface area contributed by atoms with Crippen LogP contribution in [0.4, 0.5) is 0 Å². The molecule has 10 aromatic rings. The summed E-state index contributed by atoms with van der Waals surface area (Å²) in [4.78, 5) is 14.9. The van der Waals surface area contributed by atoms with Gasteiger partial charge in [0.1, 0.15) is 17.6 Å². The molecule has 0 atom stereocenters. The maximum Gasteiger partial charge on any atom is 0.165 e. The van der Waals surface area contributed by atoms with Crippen LogP contribution in [-0.2, 0) is 5.41 Å². The second-order valence-corrected chi connectivity index (χ2v) is 15.3. The molecule has 1 aliphatic heterocycles. The highest BCUT2D eigenvalue weighted by molar-refractivity contribution is 6.12. The first kappa shape index (κ1) is 34.4. The molecule has 0 saturated carbocycles. The summed E-state index contributed by atoms with van der Waals surface area (Å²) in [7, 11) is 0. The Labute approximate surface area is 350 Å². The summed E-state index contributed by atoms with van der Waals surface area (Å²) < 4.78 is 8.76. The molecule has 61 heavy (non-hydrogen) atoms. The Bertz CT molecular complexity index is 3440. The number of ether oxygens (including phenoxy) is 1. The van der Waals surface area contributed by atoms with Gasteiger partial charge in [0.15, 0.2) is 17.5 Å². The molecule has 8 aromatic carbocycles. The lowest BCUT2D eigenvalue weighted by atomic mass is 9.66. The van der Waals surface area contributed by atoms with E-state index in [2.05, 4.69) is 108 Å². The largest absolute Gasteiger partial charge is 0.457 e. The van der Waals surface area contributed by atoms with Crippen molar-refractivity contribution in [1.29, 1.82) is 10.5 Å². The Morgan fingerprint density at radius 3 is 1.64 bits per heavy atom. The van der Waals surface area contributed by atoms with Crippen molar-refractivity contribution in [3.63, 3.8) is 0 Å². The number of hydrogen-bond donors (Lipinski definition) is 0. The van der Waals surface area contributed by atoms with Crippen LogP contribution >= 0.6 is 0 Å². The van der Waals surface area contributed by atoms with Gasteiger partial charge in [-0.05, 0) is 64.7 Å². The predicted octanol–water partition coefficient (Wildman–Crippen LogP) is 12.2. The topological polar surface area (TPSA) is 100 Å². The smallest absolute Gasteiger partial charge is 0.165 e. The summed E-state index contributed by atoms with van der Waals surface area (Å²) in [5.74, 6) is 2.97. The van der Waals surface area contributed by atoms with Crippen LogP contribution in [0.3, 0.4) is 0 Å². The molecule has 1 aliphatic carbocycles. The van der Waals surface area contributed by atoms with Crippen molar-refractivity contribution in [1.82, 2.24) is 19.5 Å². The maximum atomic E-state index is 10.8. The fourth-order valence-electron chi connectivity index (χ4n) is 9.64. The second-order valence-electron chi connectivity index (χ2n) is 15.3. The average molecular weight is 779 g/mol. The average Bonchev–Trinajstić information content (AvgIpc) is 3.80. The van der Waals surface area contributed by atoms with Crippen LogP contribution in [0.15, 0.2) is 182 Å². The summed E-state index contributed by atoms with van der Waals surface area (Å²) in [6.07, 6.45) is 0. The molecule has 2 aliphatic rings. The third-order valence-corrected chi connectivity index (χ3v) is 12.2. The van der Waals surface area contributed by atoms with Crippen LogP contribution < -0.4 is 4.74 Å². The zero-order chi connectivity index (χ0) is 40.7. The fraction of sp³-hybridized carbons (Fsp3) is 0.0185. The molecule has 12 rings (SSSR count). The highest BCUT2D eigenvalue weighted by Gasteiger charge is 2.51. The van der Waals surface area contributed by atoms with Crippen LogP contribution in [0.1, 0.15) is 33.4 Å². The first-order chi connectivity index (χ1) is 30.1. The molecule has 1 spiro atoms. The van der Waals surface area contributed by atoms with Crippen LogP contribution in [0.2, 0.25) is 0 Å². The molecular formula is C54H30N6O. The Balaban J connectivity index is 1.15. The number of hydrogen-bond acceptors (Lipinski definition) is 6. The summed E-state index contributed by atoms with van der Waals surface area (Å²) in [6, 6.07) is 66.2. The van der Waals surface area contributed by atoms with Crippen molar-refractivity contribution >= 4 is 21.8 Å². The normalized spacial score (nSPS) is 12.8. The molecule has 0 radical (unpaired) electrons. The van der Waals surface area contributed by atoms with E-state index in [0.29, 0.717) is 39.9 Å². The molecule has 7 nitrogen and oxygen atoms in total. The molecule has 3 heterocycles. The zero-order valence-electron chi connectivity index (χ0n) is 32.4. The lowest BCUT2D eigenvalue weighted by molar-refractivity contribution is 0.436. The highest BCUT2D eigenvalue weighted by Crippen LogP contribution is 2.62. The van der Waals surface area contributed by atoms with E-state index in [1.54, 1.807) is 6.07 Å². The van der Waals surface area contributed by atoms with Gasteiger partial charge >= 0.3 is 0 Å². The number of para-hydroxylation sites is 3. The van der Waals surface area contributed by atoms with Gasteiger partial charge < -0.3 is 9.30 Å². The van der Waals surface area contributed by atoms with Crippen LogP contribution in [0.5, 0.6) is 11.5 Å². The molecule has 7 heteroatoms. The van der Waals surface area contributed by atoms with Gasteiger partial charge in [0, 0.05) is 38.6 Å². The van der Waals surface area contributed by atoms with Gasteiger partial charge in [-0.15, -0.1) is 0 Å². The molecule has 0 bridgehead atoms. The van der Waals surface area contributed by atoms with E-state index in [1.165, 1.54) is 11.1 Å². The Morgan fingerprint density at radius 1 is 0.426 bits per heavy atom. The van der Waals surface area contributed by atoms with E-state index in [4.69, 9.17) is 19.7 Å². The second kappa shape index (κ2) is 13.2. The number of rotatable bonds is 4. The van der Waals surface area contributed by atoms with Gasteiger partial charge in [0.25, 0.3) is 0 Å². The molecule has 0 amide bonds. The van der Waals surface area contributed by atoms with Gasteiger partial charge in [-0.25, -0.2) is 15.0 Å². The van der Waals surface area contributed by atoms with Crippen molar-refractivity contribution in [3.05, 3.63) is 215 Å². The van der Waals surface area contributed by atoms with E-state index < -0.39 is 5.41 Å². The minimum Gasteiger partial charge on any atom is -0.457 e. The van der Waals surface area contributed by atoms with Gasteiger partial charge in [0.2, 0.25) is 0 Å². The lowest BCUT2D eigenvalue weighted by Gasteiger charge is -2.39. The van der Waals surface area contributed by atoms with Crippen molar-refractivity contribution in [3.8, 4) is 74.6 Å². The van der Waals surface area contributed by atoms with Crippen LogP contribution in [-0.4, -0.2) is 19.5 Å². The Kier molecular flexibility index (Phi) is 7.44. The number of nitriles is 2. The molecule has 0 N–H and O–H groups in total. The number of benzene rings is 8. The first-order valence-electron chi connectivity index (χ1n) is 20.1.